The van der Waals surface area contributed by atoms with Crippen molar-refractivity contribution in [3.63, 3.8) is 0 Å². The minimum Gasteiger partial charge on any atom is -0.304 e. The molecule has 0 aliphatic carbocycles. The van der Waals surface area contributed by atoms with E-state index < -0.39 is 0 Å². The fraction of sp³-hybridized carbons (Fsp3) is 0.231. The fourth-order valence-corrected chi connectivity index (χ4v) is 4.68. The number of aliphatic imine (C=N–C) groups is 1. The molecule has 1 saturated heterocycles. The first-order valence-corrected chi connectivity index (χ1v) is 11.9. The topological polar surface area (TPSA) is 40.0 Å². The Morgan fingerprint density at radius 1 is 0.938 bits per heavy atom. The van der Waals surface area contributed by atoms with Crippen LogP contribution in [0.3, 0.4) is 0 Å². The average molecular weight is 447 g/mol. The molecule has 1 aliphatic heterocycles. The van der Waals surface area contributed by atoms with Crippen molar-refractivity contribution in [2.45, 2.75) is 13.1 Å². The van der Waals surface area contributed by atoms with E-state index in [4.69, 9.17) is 0 Å². The zero-order valence-electron chi connectivity index (χ0n) is 18.0. The largest absolute Gasteiger partial charge is 0.304 e. The Bertz CT molecular complexity index is 1080. The summed E-state index contributed by atoms with van der Waals surface area (Å²) in [6.45, 7) is 7.43. The van der Waals surface area contributed by atoms with Gasteiger partial charge in [-0.15, -0.1) is 0 Å². The van der Waals surface area contributed by atoms with Crippen molar-refractivity contribution in [1.82, 2.24) is 10.3 Å². The quantitative estimate of drug-likeness (QED) is 0.308. The van der Waals surface area contributed by atoms with Crippen LogP contribution in [0, 0.1) is 5.82 Å². The molecule has 0 unspecified atom stereocenters. The minimum atomic E-state index is -0.326. The number of hydrogen-bond donors (Lipinski definition) is 1. The van der Waals surface area contributed by atoms with Gasteiger partial charge in [0.25, 0.3) is 0 Å². The van der Waals surface area contributed by atoms with Gasteiger partial charge in [0.15, 0.2) is 5.84 Å². The average Bonchev–Trinajstić information content (AvgIpc) is 2.83. The van der Waals surface area contributed by atoms with E-state index >= 15 is 0 Å². The number of amidine groups is 1. The number of benzene rings is 3. The van der Waals surface area contributed by atoms with Crippen molar-refractivity contribution >= 4 is 24.3 Å². The second-order valence-corrected chi connectivity index (χ2v) is 8.95. The summed E-state index contributed by atoms with van der Waals surface area (Å²) in [6.07, 6.45) is 0. The van der Waals surface area contributed by atoms with E-state index in [1.54, 1.807) is 12.1 Å². The van der Waals surface area contributed by atoms with Crippen LogP contribution >= 0.6 is 11.8 Å². The molecule has 0 atom stereocenters. The van der Waals surface area contributed by atoms with E-state index in [0.29, 0.717) is 17.9 Å². The third-order valence-electron chi connectivity index (χ3n) is 5.42. The zero-order valence-corrected chi connectivity index (χ0v) is 18.8. The lowest BCUT2D eigenvalue weighted by molar-refractivity contribution is 0.294. The summed E-state index contributed by atoms with van der Waals surface area (Å²) in [4.78, 5) is 6.43. The van der Waals surface area contributed by atoms with Gasteiger partial charge < -0.3 is 5.43 Å². The lowest BCUT2D eigenvalue weighted by Crippen LogP contribution is -2.31. The summed E-state index contributed by atoms with van der Waals surface area (Å²) < 4.78 is 13.4. The molecule has 4 rings (SSSR count). The minimum absolute atomic E-state index is 0.326. The predicted octanol–water partition coefficient (Wildman–Crippen LogP) is 5.19. The summed E-state index contributed by atoms with van der Waals surface area (Å²) in [6, 6.07) is 23.4. The van der Waals surface area contributed by atoms with Gasteiger partial charge in [-0.3, -0.25) is 4.90 Å². The Morgan fingerprint density at radius 2 is 1.72 bits per heavy atom. The molecule has 32 heavy (non-hydrogen) atoms. The van der Waals surface area contributed by atoms with Crippen molar-refractivity contribution in [1.29, 1.82) is 0 Å². The van der Waals surface area contributed by atoms with Crippen LogP contribution in [-0.4, -0.2) is 42.0 Å². The summed E-state index contributed by atoms with van der Waals surface area (Å²) in [7, 11) is 0. The van der Waals surface area contributed by atoms with Crippen LogP contribution in [0.2, 0.25) is 0 Å². The second-order valence-electron chi connectivity index (χ2n) is 7.72. The number of hydrazone groups is 1. The first-order valence-electron chi connectivity index (χ1n) is 10.7. The maximum absolute atomic E-state index is 13.4. The number of rotatable bonds is 7. The molecule has 4 nitrogen and oxygen atoms in total. The highest BCUT2D eigenvalue weighted by molar-refractivity contribution is 7.99. The molecule has 1 fully saturated rings. The predicted molar refractivity (Wildman–Crippen MR) is 134 cm³/mol. The normalized spacial score (nSPS) is 14.8. The second kappa shape index (κ2) is 11.1. The molecular formula is C26H27FN4S. The Balaban J connectivity index is 1.38. The number of nitrogens with zero attached hydrogens (tertiary/aromatic N) is 3. The summed E-state index contributed by atoms with van der Waals surface area (Å²) in [5.74, 6) is 2.50. The third kappa shape index (κ3) is 6.05. The van der Waals surface area contributed by atoms with Gasteiger partial charge in [-0.05, 0) is 47.2 Å². The Morgan fingerprint density at radius 3 is 2.47 bits per heavy atom. The van der Waals surface area contributed by atoms with Gasteiger partial charge in [-0.2, -0.15) is 16.9 Å². The summed E-state index contributed by atoms with van der Waals surface area (Å²) in [5.41, 5.74) is 8.48. The van der Waals surface area contributed by atoms with E-state index in [9.17, 15) is 4.39 Å². The highest BCUT2D eigenvalue weighted by Crippen LogP contribution is 2.22. The molecule has 0 radical (unpaired) electrons. The third-order valence-corrected chi connectivity index (χ3v) is 6.37. The van der Waals surface area contributed by atoms with Crippen molar-refractivity contribution in [3.05, 3.63) is 95.3 Å². The number of nitrogens with one attached hydrogen (secondary N) is 1. The van der Waals surface area contributed by atoms with Crippen LogP contribution in [0.5, 0.6) is 0 Å². The lowest BCUT2D eigenvalue weighted by Gasteiger charge is -2.26. The molecule has 1 heterocycles. The van der Waals surface area contributed by atoms with Crippen LogP contribution in [0.15, 0.2) is 82.9 Å². The van der Waals surface area contributed by atoms with Gasteiger partial charge in [0.1, 0.15) is 5.82 Å². The van der Waals surface area contributed by atoms with Gasteiger partial charge >= 0.3 is 0 Å². The van der Waals surface area contributed by atoms with E-state index in [1.807, 2.05) is 11.8 Å². The number of hydrogen-bond acceptors (Lipinski definition) is 4. The van der Waals surface area contributed by atoms with Gasteiger partial charge in [0.05, 0.1) is 6.54 Å². The maximum atomic E-state index is 13.4. The van der Waals surface area contributed by atoms with Crippen LogP contribution in [0.25, 0.3) is 11.1 Å². The molecule has 0 aromatic heterocycles. The van der Waals surface area contributed by atoms with E-state index in [1.165, 1.54) is 53.4 Å². The standard InChI is InChI=1S/C26H27FN4S/c1-28-26(24-6-3-7-25(27)17-24)30-29-18-20-8-10-22(11-9-20)23-5-2-4-21(16-23)19-31-12-14-32-15-13-31/h2-11,16-17,29H,1,12-15,18-19H2/b30-26-. The highest BCUT2D eigenvalue weighted by Gasteiger charge is 2.11. The van der Waals surface area contributed by atoms with Gasteiger partial charge in [0.2, 0.25) is 0 Å². The van der Waals surface area contributed by atoms with Gasteiger partial charge in [-0.1, -0.05) is 54.6 Å². The van der Waals surface area contributed by atoms with Crippen molar-refractivity contribution in [2.75, 3.05) is 24.6 Å². The number of halogens is 1. The van der Waals surface area contributed by atoms with Crippen LogP contribution in [0.4, 0.5) is 4.39 Å². The fourth-order valence-electron chi connectivity index (χ4n) is 3.71. The van der Waals surface area contributed by atoms with E-state index in [0.717, 1.165) is 12.1 Å². The molecule has 0 bridgehead atoms. The zero-order chi connectivity index (χ0) is 22.2. The first-order chi connectivity index (χ1) is 15.7. The highest BCUT2D eigenvalue weighted by atomic mass is 32.2. The Kier molecular flexibility index (Phi) is 7.69. The van der Waals surface area contributed by atoms with E-state index in [2.05, 4.69) is 75.7 Å². The van der Waals surface area contributed by atoms with Crippen molar-refractivity contribution in [2.24, 2.45) is 10.1 Å². The molecular weight excluding hydrogens is 419 g/mol. The maximum Gasteiger partial charge on any atom is 0.178 e. The van der Waals surface area contributed by atoms with Gasteiger partial charge in [0, 0.05) is 36.7 Å². The number of thioether (sulfide) groups is 1. The molecule has 1 aliphatic rings. The Labute approximate surface area is 193 Å². The molecule has 164 valence electrons. The SMILES string of the molecule is C=N/C(=N\NCc1ccc(-c2cccc(CN3CCSCC3)c2)cc1)c1cccc(F)c1. The lowest BCUT2D eigenvalue weighted by atomic mass is 10.0. The molecule has 3 aromatic carbocycles. The van der Waals surface area contributed by atoms with Crippen LogP contribution < -0.4 is 5.43 Å². The van der Waals surface area contributed by atoms with Gasteiger partial charge in [-0.25, -0.2) is 9.38 Å². The Hall–Kier alpha value is -2.96. The van der Waals surface area contributed by atoms with Crippen LogP contribution in [0.1, 0.15) is 16.7 Å². The molecule has 1 N–H and O–H groups in total. The summed E-state index contributed by atoms with van der Waals surface area (Å²) in [5, 5.41) is 4.26. The summed E-state index contributed by atoms with van der Waals surface area (Å²) >= 11 is 2.04. The molecule has 6 heteroatoms. The van der Waals surface area contributed by atoms with Crippen molar-refractivity contribution in [3.8, 4) is 11.1 Å². The monoisotopic (exact) mass is 446 g/mol. The van der Waals surface area contributed by atoms with Crippen LogP contribution in [-0.2, 0) is 13.1 Å². The van der Waals surface area contributed by atoms with E-state index in [-0.39, 0.29) is 5.82 Å². The molecule has 0 spiro atoms. The molecule has 0 amide bonds. The van der Waals surface area contributed by atoms with Crippen molar-refractivity contribution < 1.29 is 4.39 Å². The smallest absolute Gasteiger partial charge is 0.178 e. The molecule has 0 saturated carbocycles. The molecule has 3 aromatic rings. The first kappa shape index (κ1) is 22.2.